The minimum atomic E-state index is -0.183. The van der Waals surface area contributed by atoms with E-state index < -0.39 is 0 Å². The quantitative estimate of drug-likeness (QED) is 0.698. The van der Waals surface area contributed by atoms with Crippen molar-refractivity contribution in [1.82, 2.24) is 4.98 Å². The number of nitrogens with zero attached hydrogens (tertiary/aromatic N) is 2. The normalized spacial score (nSPS) is 9.18. The molecule has 3 nitrogen and oxygen atoms in total. The first-order chi connectivity index (χ1) is 5.15. The summed E-state index contributed by atoms with van der Waals surface area (Å²) in [5.74, 6) is -0.183. The van der Waals surface area contributed by atoms with Gasteiger partial charge >= 0.3 is 0 Å². The molecule has 0 spiro atoms. The molecular weight excluding hydrogens is 231 g/mol. The molecule has 1 aromatic heterocycles. The Hall–Kier alpha value is -0.790. The summed E-state index contributed by atoms with van der Waals surface area (Å²) >= 11 is 8.44. The third kappa shape index (κ3) is 1.62. The molecule has 0 saturated carbocycles. The van der Waals surface area contributed by atoms with Crippen LogP contribution in [0.25, 0.3) is 0 Å². The molecule has 0 radical (unpaired) electrons. The van der Waals surface area contributed by atoms with Gasteiger partial charge in [0.05, 0.1) is 5.56 Å². The van der Waals surface area contributed by atoms with E-state index in [0.29, 0.717) is 0 Å². The summed E-state index contributed by atoms with van der Waals surface area (Å²) in [5, 5.41) is 17.8. The average molecular weight is 233 g/mol. The predicted octanol–water partition coefficient (Wildman–Crippen LogP) is 2.07. The maximum absolute atomic E-state index is 9.13. The van der Waals surface area contributed by atoms with E-state index in [9.17, 15) is 0 Å². The maximum Gasteiger partial charge on any atom is 0.166 e. The molecule has 0 unspecified atom stereocenters. The van der Waals surface area contributed by atoms with Crippen LogP contribution in [0.2, 0.25) is 5.15 Å². The molecule has 1 rings (SSSR count). The summed E-state index contributed by atoms with van der Waals surface area (Å²) in [7, 11) is 0. The van der Waals surface area contributed by atoms with E-state index >= 15 is 0 Å². The summed E-state index contributed by atoms with van der Waals surface area (Å²) in [4.78, 5) is 3.66. The summed E-state index contributed by atoms with van der Waals surface area (Å²) in [6, 6.07) is 3.07. The first-order valence-corrected chi connectivity index (χ1v) is 3.77. The lowest BCUT2D eigenvalue weighted by atomic mass is 10.3. The molecule has 0 aliphatic carbocycles. The Morgan fingerprint density at radius 3 is 2.91 bits per heavy atom. The van der Waals surface area contributed by atoms with Gasteiger partial charge in [0.25, 0.3) is 0 Å². The Morgan fingerprint density at radius 1 is 1.73 bits per heavy atom. The Morgan fingerprint density at radius 2 is 2.36 bits per heavy atom. The van der Waals surface area contributed by atoms with Gasteiger partial charge in [-0.3, -0.25) is 0 Å². The zero-order valence-electron chi connectivity index (χ0n) is 5.17. The van der Waals surface area contributed by atoms with Gasteiger partial charge in [0, 0.05) is 0 Å². The number of nitriles is 1. The molecule has 1 aromatic rings. The number of aromatic hydroxyl groups is 1. The monoisotopic (exact) mass is 232 g/mol. The Labute approximate surface area is 76.4 Å². The highest BCUT2D eigenvalue weighted by Gasteiger charge is 2.07. The fourth-order valence-electron chi connectivity index (χ4n) is 0.563. The maximum atomic E-state index is 9.13. The van der Waals surface area contributed by atoms with E-state index in [2.05, 4.69) is 20.9 Å². The minimum absolute atomic E-state index is 0.108. The summed E-state index contributed by atoms with van der Waals surface area (Å²) < 4.78 is 0.182. The van der Waals surface area contributed by atoms with Crippen LogP contribution in [-0.2, 0) is 0 Å². The Balaban J connectivity index is 3.39. The lowest BCUT2D eigenvalue weighted by molar-refractivity contribution is 0.467. The fraction of sp³-hybridized carbons (Fsp3) is 0. The minimum Gasteiger partial charge on any atom is -0.504 e. The molecule has 0 aromatic carbocycles. The molecule has 0 saturated heterocycles. The molecule has 0 fully saturated rings. The molecule has 11 heavy (non-hydrogen) atoms. The van der Waals surface area contributed by atoms with Crippen molar-refractivity contribution >= 4 is 27.5 Å². The molecule has 56 valence electrons. The van der Waals surface area contributed by atoms with Gasteiger partial charge in [0.2, 0.25) is 0 Å². The van der Waals surface area contributed by atoms with Gasteiger partial charge in [0.15, 0.2) is 10.4 Å². The molecule has 0 amide bonds. The van der Waals surface area contributed by atoms with Crippen LogP contribution in [0.5, 0.6) is 5.75 Å². The van der Waals surface area contributed by atoms with E-state index in [1.54, 1.807) is 6.07 Å². The number of pyridine rings is 1. The first kappa shape index (κ1) is 8.31. The SMILES string of the molecule is N#Cc1cc(Cl)nc(Br)c1O. The first-order valence-electron chi connectivity index (χ1n) is 2.60. The van der Waals surface area contributed by atoms with Crippen LogP contribution < -0.4 is 0 Å². The highest BCUT2D eigenvalue weighted by atomic mass is 79.9. The largest absolute Gasteiger partial charge is 0.504 e. The molecule has 0 bridgehead atoms. The lowest BCUT2D eigenvalue weighted by Gasteiger charge is -1.97. The highest BCUT2D eigenvalue weighted by Crippen LogP contribution is 2.27. The van der Waals surface area contributed by atoms with Gasteiger partial charge in [-0.1, -0.05) is 11.6 Å². The summed E-state index contributed by atoms with van der Waals surface area (Å²) in [5.41, 5.74) is 0.108. The van der Waals surface area contributed by atoms with Crippen molar-refractivity contribution in [2.75, 3.05) is 0 Å². The molecule has 0 atom stereocenters. The van der Waals surface area contributed by atoms with Gasteiger partial charge in [-0.25, -0.2) is 4.98 Å². The van der Waals surface area contributed by atoms with Crippen molar-refractivity contribution in [2.45, 2.75) is 0 Å². The number of hydrogen-bond donors (Lipinski definition) is 1. The van der Waals surface area contributed by atoms with Crippen LogP contribution in [0.15, 0.2) is 10.7 Å². The number of aromatic nitrogens is 1. The molecule has 1 heterocycles. The third-order valence-electron chi connectivity index (χ3n) is 1.04. The molecule has 0 aliphatic rings. The van der Waals surface area contributed by atoms with E-state index in [4.69, 9.17) is 22.0 Å². The van der Waals surface area contributed by atoms with E-state index in [1.807, 2.05) is 0 Å². The van der Waals surface area contributed by atoms with Crippen LogP contribution in [0.1, 0.15) is 5.56 Å². The van der Waals surface area contributed by atoms with Gasteiger partial charge in [-0.15, -0.1) is 0 Å². The molecule has 0 aliphatic heterocycles. The third-order valence-corrected chi connectivity index (χ3v) is 1.79. The number of hydrogen-bond acceptors (Lipinski definition) is 3. The van der Waals surface area contributed by atoms with Crippen molar-refractivity contribution in [3.8, 4) is 11.8 Å². The smallest absolute Gasteiger partial charge is 0.166 e. The van der Waals surface area contributed by atoms with Gasteiger partial charge in [-0.2, -0.15) is 5.26 Å². The van der Waals surface area contributed by atoms with E-state index in [-0.39, 0.29) is 21.1 Å². The summed E-state index contributed by atoms with van der Waals surface area (Å²) in [6.07, 6.45) is 0. The van der Waals surface area contributed by atoms with Crippen LogP contribution in [-0.4, -0.2) is 10.1 Å². The van der Waals surface area contributed by atoms with Gasteiger partial charge < -0.3 is 5.11 Å². The van der Waals surface area contributed by atoms with E-state index in [1.165, 1.54) is 6.07 Å². The number of halogens is 2. The Kier molecular flexibility index (Phi) is 2.32. The highest BCUT2D eigenvalue weighted by molar-refractivity contribution is 9.10. The predicted molar refractivity (Wildman–Crippen MR) is 43.3 cm³/mol. The summed E-state index contributed by atoms with van der Waals surface area (Å²) in [6.45, 7) is 0. The standard InChI is InChI=1S/C6H2BrClN2O/c7-6-5(11)3(2-9)1-4(8)10-6/h1,11H. The van der Waals surface area contributed by atoms with Crippen LogP contribution >= 0.6 is 27.5 Å². The van der Waals surface area contributed by atoms with Crippen molar-refractivity contribution in [3.05, 3.63) is 21.4 Å². The van der Waals surface area contributed by atoms with Gasteiger partial charge in [0.1, 0.15) is 11.2 Å². The zero-order chi connectivity index (χ0) is 8.43. The zero-order valence-corrected chi connectivity index (χ0v) is 7.52. The Bertz CT molecular complexity index is 334. The number of rotatable bonds is 0. The second kappa shape index (κ2) is 3.07. The van der Waals surface area contributed by atoms with Crippen LogP contribution in [0.4, 0.5) is 0 Å². The van der Waals surface area contributed by atoms with Crippen molar-refractivity contribution < 1.29 is 5.11 Å². The van der Waals surface area contributed by atoms with Crippen LogP contribution in [0.3, 0.4) is 0 Å². The molecular formula is C6H2BrClN2O. The van der Waals surface area contributed by atoms with Crippen molar-refractivity contribution in [1.29, 1.82) is 5.26 Å². The lowest BCUT2D eigenvalue weighted by Crippen LogP contribution is -1.83. The second-order valence-corrected chi connectivity index (χ2v) is 2.88. The molecule has 1 N–H and O–H groups in total. The van der Waals surface area contributed by atoms with E-state index in [0.717, 1.165) is 0 Å². The second-order valence-electron chi connectivity index (χ2n) is 1.74. The van der Waals surface area contributed by atoms with Gasteiger partial charge in [-0.05, 0) is 22.0 Å². The van der Waals surface area contributed by atoms with Crippen LogP contribution in [0, 0.1) is 11.3 Å². The molecule has 5 heteroatoms. The van der Waals surface area contributed by atoms with Crippen molar-refractivity contribution in [3.63, 3.8) is 0 Å². The fourth-order valence-corrected chi connectivity index (χ4v) is 1.26. The topological polar surface area (TPSA) is 56.9 Å². The average Bonchev–Trinajstić information content (AvgIpc) is 1.96. The van der Waals surface area contributed by atoms with Crippen molar-refractivity contribution in [2.24, 2.45) is 0 Å².